The third-order valence-corrected chi connectivity index (χ3v) is 1.85. The number of carbonyl (C=O) groups is 2. The first kappa shape index (κ1) is 12.1. The lowest BCUT2D eigenvalue weighted by Gasteiger charge is -2.05. The minimum atomic E-state index is -1.17. The topological polar surface area (TPSA) is 52.6 Å². The molecule has 6 heteroatoms. The molecule has 0 aromatic heterocycles. The number of hydrogen-bond donors (Lipinski definition) is 0. The van der Waals surface area contributed by atoms with Crippen LogP contribution in [0.3, 0.4) is 0 Å². The standard InChI is InChI=1S/C10H8F2O4/c1-15-9(13)6-3-5(11)4-7(8(6)12)10(14)16-2/h3-4H,1-2H3. The number of ether oxygens (including phenoxy) is 2. The smallest absolute Gasteiger partial charge is 0.340 e. The van der Waals surface area contributed by atoms with E-state index in [2.05, 4.69) is 9.47 Å². The van der Waals surface area contributed by atoms with Gasteiger partial charge in [-0.2, -0.15) is 0 Å². The number of esters is 2. The first-order valence-electron chi connectivity index (χ1n) is 4.17. The monoisotopic (exact) mass is 230 g/mol. The molecule has 1 rings (SSSR count). The summed E-state index contributed by atoms with van der Waals surface area (Å²) in [6.45, 7) is 0. The summed E-state index contributed by atoms with van der Waals surface area (Å²) in [6, 6.07) is 1.29. The van der Waals surface area contributed by atoms with Crippen LogP contribution in [0.2, 0.25) is 0 Å². The van der Waals surface area contributed by atoms with Crippen molar-refractivity contribution in [3.63, 3.8) is 0 Å². The van der Waals surface area contributed by atoms with Crippen molar-refractivity contribution in [2.75, 3.05) is 14.2 Å². The zero-order chi connectivity index (χ0) is 12.3. The Bertz CT molecular complexity index is 405. The molecule has 0 bridgehead atoms. The molecule has 0 aliphatic heterocycles. The Morgan fingerprint density at radius 1 is 1.00 bits per heavy atom. The van der Waals surface area contributed by atoms with E-state index in [9.17, 15) is 18.4 Å². The molecule has 0 fully saturated rings. The quantitative estimate of drug-likeness (QED) is 0.723. The van der Waals surface area contributed by atoms with Gasteiger partial charge in [-0.3, -0.25) is 0 Å². The van der Waals surface area contributed by atoms with Crippen molar-refractivity contribution in [2.24, 2.45) is 0 Å². The van der Waals surface area contributed by atoms with E-state index in [1.54, 1.807) is 0 Å². The highest BCUT2D eigenvalue weighted by atomic mass is 19.1. The van der Waals surface area contributed by atoms with Gasteiger partial charge in [0.05, 0.1) is 25.3 Å². The van der Waals surface area contributed by atoms with Gasteiger partial charge in [-0.1, -0.05) is 0 Å². The minimum Gasteiger partial charge on any atom is -0.465 e. The average molecular weight is 230 g/mol. The van der Waals surface area contributed by atoms with E-state index in [4.69, 9.17) is 0 Å². The summed E-state index contributed by atoms with van der Waals surface area (Å²) in [4.78, 5) is 22.1. The summed E-state index contributed by atoms with van der Waals surface area (Å²) in [5.74, 6) is -4.23. The number of halogens is 2. The van der Waals surface area contributed by atoms with E-state index in [0.717, 1.165) is 14.2 Å². The lowest BCUT2D eigenvalue weighted by molar-refractivity contribution is 0.0587. The Labute approximate surface area is 89.8 Å². The fourth-order valence-corrected chi connectivity index (χ4v) is 1.11. The summed E-state index contributed by atoms with van der Waals surface area (Å²) in [6.07, 6.45) is 0. The van der Waals surface area contributed by atoms with Gasteiger partial charge in [-0.25, -0.2) is 18.4 Å². The second-order valence-corrected chi connectivity index (χ2v) is 2.80. The van der Waals surface area contributed by atoms with Crippen LogP contribution in [0, 0.1) is 11.6 Å². The van der Waals surface area contributed by atoms with Crippen molar-refractivity contribution >= 4 is 11.9 Å². The van der Waals surface area contributed by atoms with Crippen molar-refractivity contribution in [1.29, 1.82) is 0 Å². The van der Waals surface area contributed by atoms with Crippen LogP contribution in [0.15, 0.2) is 12.1 Å². The zero-order valence-electron chi connectivity index (χ0n) is 8.54. The van der Waals surface area contributed by atoms with Crippen LogP contribution in [0.5, 0.6) is 0 Å². The van der Waals surface area contributed by atoms with Crippen molar-refractivity contribution in [1.82, 2.24) is 0 Å². The number of methoxy groups -OCH3 is 2. The van der Waals surface area contributed by atoms with Gasteiger partial charge in [0.2, 0.25) is 0 Å². The molecule has 0 unspecified atom stereocenters. The van der Waals surface area contributed by atoms with E-state index in [0.29, 0.717) is 12.1 Å². The highest BCUT2D eigenvalue weighted by Crippen LogP contribution is 2.17. The van der Waals surface area contributed by atoms with Crippen molar-refractivity contribution < 1.29 is 27.8 Å². The first-order valence-corrected chi connectivity index (χ1v) is 4.17. The molecule has 16 heavy (non-hydrogen) atoms. The molecule has 0 aliphatic carbocycles. The molecule has 1 aromatic rings. The molecule has 0 aliphatic rings. The Morgan fingerprint density at radius 3 is 1.69 bits per heavy atom. The Balaban J connectivity index is 3.37. The van der Waals surface area contributed by atoms with Crippen LogP contribution < -0.4 is 0 Å². The predicted molar refractivity (Wildman–Crippen MR) is 49.0 cm³/mol. The van der Waals surface area contributed by atoms with Crippen LogP contribution in [-0.4, -0.2) is 26.2 Å². The van der Waals surface area contributed by atoms with E-state index >= 15 is 0 Å². The van der Waals surface area contributed by atoms with Crippen LogP contribution >= 0.6 is 0 Å². The fourth-order valence-electron chi connectivity index (χ4n) is 1.11. The molecule has 0 spiro atoms. The predicted octanol–water partition coefficient (Wildman–Crippen LogP) is 1.54. The third-order valence-electron chi connectivity index (χ3n) is 1.85. The van der Waals surface area contributed by atoms with E-state index in [1.807, 2.05) is 0 Å². The molecule has 0 heterocycles. The number of rotatable bonds is 2. The molecular formula is C10H8F2O4. The normalized spacial score (nSPS) is 9.75. The number of benzene rings is 1. The van der Waals surface area contributed by atoms with Gasteiger partial charge < -0.3 is 9.47 Å². The largest absolute Gasteiger partial charge is 0.465 e. The fraction of sp³-hybridized carbons (Fsp3) is 0.200. The summed E-state index contributed by atoms with van der Waals surface area (Å²) in [7, 11) is 2.04. The van der Waals surface area contributed by atoms with Gasteiger partial charge in [-0.15, -0.1) is 0 Å². The van der Waals surface area contributed by atoms with Gasteiger partial charge in [-0.05, 0) is 12.1 Å². The van der Waals surface area contributed by atoms with Crippen LogP contribution in [0.25, 0.3) is 0 Å². The maximum absolute atomic E-state index is 13.6. The summed E-state index contributed by atoms with van der Waals surface area (Å²) < 4.78 is 35.1. The van der Waals surface area contributed by atoms with E-state index in [1.165, 1.54) is 0 Å². The van der Waals surface area contributed by atoms with Gasteiger partial charge in [0.15, 0.2) is 5.82 Å². The molecule has 0 radical (unpaired) electrons. The van der Waals surface area contributed by atoms with E-state index < -0.39 is 34.7 Å². The maximum atomic E-state index is 13.6. The average Bonchev–Trinajstić information content (AvgIpc) is 2.29. The second kappa shape index (κ2) is 4.69. The van der Waals surface area contributed by atoms with Gasteiger partial charge >= 0.3 is 11.9 Å². The third kappa shape index (κ3) is 2.16. The lowest BCUT2D eigenvalue weighted by Crippen LogP contribution is -2.12. The Kier molecular flexibility index (Phi) is 3.55. The zero-order valence-corrected chi connectivity index (χ0v) is 8.54. The molecule has 0 saturated carbocycles. The van der Waals surface area contributed by atoms with Crippen molar-refractivity contribution in [3.8, 4) is 0 Å². The first-order chi connectivity index (χ1) is 7.51. The summed E-state index contributed by atoms with van der Waals surface area (Å²) in [5, 5.41) is 0. The Hall–Kier alpha value is -1.98. The number of carbonyl (C=O) groups excluding carboxylic acids is 2. The van der Waals surface area contributed by atoms with Gasteiger partial charge in [0.25, 0.3) is 0 Å². The molecule has 1 aromatic carbocycles. The maximum Gasteiger partial charge on any atom is 0.340 e. The van der Waals surface area contributed by atoms with E-state index in [-0.39, 0.29) is 0 Å². The molecule has 0 saturated heterocycles. The molecule has 0 N–H and O–H groups in total. The molecule has 86 valence electrons. The van der Waals surface area contributed by atoms with Crippen LogP contribution in [-0.2, 0) is 9.47 Å². The molecule has 0 amide bonds. The Morgan fingerprint density at radius 2 is 1.38 bits per heavy atom. The minimum absolute atomic E-state index is 0.646. The van der Waals surface area contributed by atoms with Crippen molar-refractivity contribution in [2.45, 2.75) is 0 Å². The molecular weight excluding hydrogens is 222 g/mol. The van der Waals surface area contributed by atoms with Gasteiger partial charge in [0, 0.05) is 0 Å². The summed E-state index contributed by atoms with van der Waals surface area (Å²) >= 11 is 0. The van der Waals surface area contributed by atoms with Gasteiger partial charge in [0.1, 0.15) is 5.82 Å². The highest BCUT2D eigenvalue weighted by Gasteiger charge is 2.22. The lowest BCUT2D eigenvalue weighted by atomic mass is 10.1. The van der Waals surface area contributed by atoms with Crippen LogP contribution in [0.1, 0.15) is 20.7 Å². The molecule has 0 atom stereocenters. The summed E-state index contributed by atoms with van der Waals surface area (Å²) in [5.41, 5.74) is -1.30. The SMILES string of the molecule is COC(=O)c1cc(F)cc(C(=O)OC)c1F. The van der Waals surface area contributed by atoms with Crippen molar-refractivity contribution in [3.05, 3.63) is 34.9 Å². The second-order valence-electron chi connectivity index (χ2n) is 2.80. The number of hydrogen-bond acceptors (Lipinski definition) is 4. The van der Waals surface area contributed by atoms with Crippen LogP contribution in [0.4, 0.5) is 8.78 Å². The molecule has 4 nitrogen and oxygen atoms in total. The highest BCUT2D eigenvalue weighted by molar-refractivity contribution is 5.95.